The molecule has 0 amide bonds. The van der Waals surface area contributed by atoms with Gasteiger partial charge in [-0.15, -0.1) is 0 Å². The predicted octanol–water partition coefficient (Wildman–Crippen LogP) is 1.78. The van der Waals surface area contributed by atoms with Crippen LogP contribution in [0.25, 0.3) is 0 Å². The number of ether oxygens (including phenoxy) is 1. The minimum Gasteiger partial charge on any atom is -0.399 e. The van der Waals surface area contributed by atoms with Crippen molar-refractivity contribution < 1.29 is 13.2 Å². The van der Waals surface area contributed by atoms with Gasteiger partial charge in [0.25, 0.3) is 0 Å². The Hall–Kier alpha value is -1.07. The van der Waals surface area contributed by atoms with Crippen LogP contribution in [0.5, 0.6) is 0 Å². The van der Waals surface area contributed by atoms with Gasteiger partial charge in [0.05, 0.1) is 10.6 Å². The first-order chi connectivity index (χ1) is 7.97. The van der Waals surface area contributed by atoms with Gasteiger partial charge < -0.3 is 10.5 Å². The average Bonchev–Trinajstić information content (AvgIpc) is 2.24. The molecule has 0 heterocycles. The van der Waals surface area contributed by atoms with Crippen LogP contribution in [0.15, 0.2) is 23.1 Å². The highest BCUT2D eigenvalue weighted by Crippen LogP contribution is 2.19. The summed E-state index contributed by atoms with van der Waals surface area (Å²) >= 11 is 0. The molecule has 4 nitrogen and oxygen atoms in total. The molecule has 0 aliphatic heterocycles. The second kappa shape index (κ2) is 6.02. The first kappa shape index (κ1) is 14.0. The summed E-state index contributed by atoms with van der Waals surface area (Å²) in [5.41, 5.74) is 6.87. The molecule has 0 atom stereocenters. The highest BCUT2D eigenvalue weighted by atomic mass is 32.2. The standard InChI is InChI=1S/C12H19NO3S/c1-3-16-7-4-8-17(14,15)12-6-5-11(13)9-10(12)2/h5-6,9H,3-4,7-8,13H2,1-2H3. The maximum Gasteiger partial charge on any atom is 0.178 e. The van der Waals surface area contributed by atoms with Crippen molar-refractivity contribution in [3.63, 3.8) is 0 Å². The number of anilines is 1. The van der Waals surface area contributed by atoms with Crippen molar-refractivity contribution in [3.05, 3.63) is 23.8 Å². The zero-order valence-electron chi connectivity index (χ0n) is 10.3. The predicted molar refractivity (Wildman–Crippen MR) is 68.8 cm³/mol. The normalized spacial score (nSPS) is 11.6. The Morgan fingerprint density at radius 2 is 2.06 bits per heavy atom. The molecular formula is C12H19NO3S. The Bertz CT molecular complexity index is 469. The molecule has 0 saturated carbocycles. The Morgan fingerprint density at radius 1 is 1.35 bits per heavy atom. The summed E-state index contributed by atoms with van der Waals surface area (Å²) in [6.45, 7) is 4.73. The van der Waals surface area contributed by atoms with Gasteiger partial charge in [-0.3, -0.25) is 0 Å². The van der Waals surface area contributed by atoms with E-state index in [1.807, 2.05) is 6.92 Å². The SMILES string of the molecule is CCOCCCS(=O)(=O)c1ccc(N)cc1C. The smallest absolute Gasteiger partial charge is 0.178 e. The van der Waals surface area contributed by atoms with Crippen LogP contribution in [-0.4, -0.2) is 27.4 Å². The summed E-state index contributed by atoms with van der Waals surface area (Å²) in [5, 5.41) is 0. The summed E-state index contributed by atoms with van der Waals surface area (Å²) in [5.74, 6) is 0.109. The molecule has 0 spiro atoms. The first-order valence-electron chi connectivity index (χ1n) is 5.64. The largest absolute Gasteiger partial charge is 0.399 e. The van der Waals surface area contributed by atoms with Gasteiger partial charge >= 0.3 is 0 Å². The molecule has 0 bridgehead atoms. The lowest BCUT2D eigenvalue weighted by Crippen LogP contribution is -2.11. The third kappa shape index (κ3) is 4.02. The van der Waals surface area contributed by atoms with Gasteiger partial charge in [0.15, 0.2) is 9.84 Å². The van der Waals surface area contributed by atoms with Crippen LogP contribution in [0, 0.1) is 6.92 Å². The lowest BCUT2D eigenvalue weighted by Gasteiger charge is -2.08. The molecule has 0 fully saturated rings. The van der Waals surface area contributed by atoms with E-state index in [1.165, 1.54) is 0 Å². The van der Waals surface area contributed by atoms with E-state index in [9.17, 15) is 8.42 Å². The fourth-order valence-electron chi connectivity index (χ4n) is 1.63. The van der Waals surface area contributed by atoms with Crippen molar-refractivity contribution in [1.82, 2.24) is 0 Å². The molecule has 1 rings (SSSR count). The van der Waals surface area contributed by atoms with E-state index in [0.717, 1.165) is 0 Å². The fourth-order valence-corrected chi connectivity index (χ4v) is 3.17. The molecule has 0 radical (unpaired) electrons. The molecule has 0 aliphatic carbocycles. The second-order valence-corrected chi connectivity index (χ2v) is 5.97. The van der Waals surface area contributed by atoms with Crippen LogP contribution in [0.1, 0.15) is 18.9 Å². The molecule has 0 saturated heterocycles. The van der Waals surface area contributed by atoms with Crippen LogP contribution in [0.3, 0.4) is 0 Å². The molecule has 5 heteroatoms. The zero-order valence-corrected chi connectivity index (χ0v) is 11.1. The Labute approximate surface area is 103 Å². The lowest BCUT2D eigenvalue weighted by atomic mass is 10.2. The average molecular weight is 257 g/mol. The van der Waals surface area contributed by atoms with Crippen molar-refractivity contribution in [2.75, 3.05) is 24.7 Å². The summed E-state index contributed by atoms with van der Waals surface area (Å²) < 4.78 is 29.2. The molecule has 0 aliphatic rings. The van der Waals surface area contributed by atoms with Gasteiger partial charge in [0, 0.05) is 18.9 Å². The number of nitrogen functional groups attached to an aromatic ring is 1. The third-order valence-corrected chi connectivity index (χ3v) is 4.39. The van der Waals surface area contributed by atoms with E-state index >= 15 is 0 Å². The van der Waals surface area contributed by atoms with Gasteiger partial charge in [0.2, 0.25) is 0 Å². The number of benzene rings is 1. The first-order valence-corrected chi connectivity index (χ1v) is 7.29. The lowest BCUT2D eigenvalue weighted by molar-refractivity contribution is 0.148. The Balaban J connectivity index is 2.76. The number of hydrogen-bond donors (Lipinski definition) is 1. The third-order valence-electron chi connectivity index (χ3n) is 2.44. The van der Waals surface area contributed by atoms with Crippen LogP contribution in [0.4, 0.5) is 5.69 Å². The molecule has 17 heavy (non-hydrogen) atoms. The van der Waals surface area contributed by atoms with Gasteiger partial charge in [-0.2, -0.15) is 0 Å². The van der Waals surface area contributed by atoms with Gasteiger partial charge in [-0.1, -0.05) is 0 Å². The number of nitrogens with two attached hydrogens (primary N) is 1. The summed E-state index contributed by atoms with van der Waals surface area (Å²) in [6.07, 6.45) is 0.514. The molecule has 2 N–H and O–H groups in total. The quantitative estimate of drug-likeness (QED) is 0.623. The van der Waals surface area contributed by atoms with E-state index in [0.29, 0.717) is 35.8 Å². The van der Waals surface area contributed by atoms with Crippen molar-refractivity contribution in [2.45, 2.75) is 25.2 Å². The maximum absolute atomic E-state index is 12.0. The van der Waals surface area contributed by atoms with Crippen LogP contribution in [-0.2, 0) is 14.6 Å². The second-order valence-electron chi connectivity index (χ2n) is 3.89. The van der Waals surface area contributed by atoms with Crippen molar-refractivity contribution in [2.24, 2.45) is 0 Å². The van der Waals surface area contributed by atoms with Gasteiger partial charge in [-0.05, 0) is 44.0 Å². The number of aryl methyl sites for hydroxylation is 1. The van der Waals surface area contributed by atoms with Crippen molar-refractivity contribution >= 4 is 15.5 Å². The highest BCUT2D eigenvalue weighted by Gasteiger charge is 2.16. The minimum atomic E-state index is -3.22. The van der Waals surface area contributed by atoms with E-state index in [2.05, 4.69) is 0 Å². The van der Waals surface area contributed by atoms with E-state index in [-0.39, 0.29) is 5.75 Å². The maximum atomic E-state index is 12.0. The summed E-state index contributed by atoms with van der Waals surface area (Å²) in [7, 11) is -3.22. The van der Waals surface area contributed by atoms with Crippen LogP contribution in [0.2, 0.25) is 0 Å². The fraction of sp³-hybridized carbons (Fsp3) is 0.500. The molecule has 1 aromatic rings. The number of sulfone groups is 1. The molecule has 96 valence electrons. The zero-order chi connectivity index (χ0) is 12.9. The number of hydrogen-bond acceptors (Lipinski definition) is 4. The Morgan fingerprint density at radius 3 is 2.65 bits per heavy atom. The van der Waals surface area contributed by atoms with Crippen LogP contribution >= 0.6 is 0 Å². The summed E-state index contributed by atoms with van der Waals surface area (Å²) in [6, 6.07) is 4.86. The van der Waals surface area contributed by atoms with Gasteiger partial charge in [-0.25, -0.2) is 8.42 Å². The van der Waals surface area contributed by atoms with E-state index < -0.39 is 9.84 Å². The van der Waals surface area contributed by atoms with Gasteiger partial charge in [0.1, 0.15) is 0 Å². The van der Waals surface area contributed by atoms with Crippen molar-refractivity contribution in [3.8, 4) is 0 Å². The van der Waals surface area contributed by atoms with Crippen LogP contribution < -0.4 is 5.73 Å². The topological polar surface area (TPSA) is 69.4 Å². The Kier molecular flexibility index (Phi) is 4.96. The minimum absolute atomic E-state index is 0.109. The highest BCUT2D eigenvalue weighted by molar-refractivity contribution is 7.91. The molecule has 0 unspecified atom stereocenters. The molecule has 1 aromatic carbocycles. The van der Waals surface area contributed by atoms with E-state index in [4.69, 9.17) is 10.5 Å². The summed E-state index contributed by atoms with van der Waals surface area (Å²) in [4.78, 5) is 0.364. The van der Waals surface area contributed by atoms with Crippen molar-refractivity contribution in [1.29, 1.82) is 0 Å². The number of rotatable bonds is 6. The van der Waals surface area contributed by atoms with E-state index in [1.54, 1.807) is 25.1 Å². The monoisotopic (exact) mass is 257 g/mol. The molecule has 0 aromatic heterocycles. The molecular weight excluding hydrogens is 238 g/mol.